The summed E-state index contributed by atoms with van der Waals surface area (Å²) in [5.41, 5.74) is 0.879. The van der Waals surface area contributed by atoms with Crippen molar-refractivity contribution in [1.29, 1.82) is 0 Å². The number of methoxy groups -OCH3 is 2. The fraction of sp³-hybridized carbons (Fsp3) is 0.500. The highest BCUT2D eigenvalue weighted by Crippen LogP contribution is 2.32. The highest BCUT2D eigenvalue weighted by atomic mass is 16.5. The van der Waals surface area contributed by atoms with Crippen LogP contribution in [0.2, 0.25) is 0 Å². The summed E-state index contributed by atoms with van der Waals surface area (Å²) in [6, 6.07) is 5.53. The molecule has 0 aliphatic carbocycles. The molecule has 1 atom stereocenters. The van der Waals surface area contributed by atoms with Crippen LogP contribution >= 0.6 is 0 Å². The fourth-order valence-corrected chi connectivity index (χ4v) is 1.86. The first-order chi connectivity index (χ1) is 8.67. The Morgan fingerprint density at radius 2 is 1.94 bits per heavy atom. The van der Waals surface area contributed by atoms with Gasteiger partial charge >= 0.3 is 5.97 Å². The minimum atomic E-state index is -0.264. The maximum Gasteiger partial charge on any atom is 0.313 e. The minimum absolute atomic E-state index is 0.233. The van der Waals surface area contributed by atoms with Gasteiger partial charge in [0.05, 0.1) is 26.7 Å². The van der Waals surface area contributed by atoms with Crippen molar-refractivity contribution < 1.29 is 19.0 Å². The van der Waals surface area contributed by atoms with E-state index in [0.29, 0.717) is 24.5 Å². The highest BCUT2D eigenvalue weighted by molar-refractivity contribution is 5.78. The summed E-state index contributed by atoms with van der Waals surface area (Å²) < 4.78 is 15.5. The lowest BCUT2D eigenvalue weighted by Gasteiger charge is -2.15. The molecular weight excluding hydrogens is 232 g/mol. The molecule has 0 aromatic heterocycles. The molecule has 0 saturated carbocycles. The van der Waals surface area contributed by atoms with Crippen molar-refractivity contribution in [1.82, 2.24) is 0 Å². The number of carbonyl (C=O) groups is 1. The van der Waals surface area contributed by atoms with Gasteiger partial charge in [-0.3, -0.25) is 4.79 Å². The second kappa shape index (κ2) is 6.89. The van der Waals surface area contributed by atoms with Gasteiger partial charge < -0.3 is 14.2 Å². The van der Waals surface area contributed by atoms with Crippen molar-refractivity contribution in [2.75, 3.05) is 20.8 Å². The van der Waals surface area contributed by atoms with Crippen molar-refractivity contribution in [3.05, 3.63) is 23.8 Å². The Balaban J connectivity index is 3.06. The van der Waals surface area contributed by atoms with Gasteiger partial charge in [-0.15, -0.1) is 0 Å². The summed E-state index contributed by atoms with van der Waals surface area (Å²) in [7, 11) is 2.98. The van der Waals surface area contributed by atoms with Crippen LogP contribution in [-0.4, -0.2) is 26.8 Å². The SMILES string of the molecule is CCOc1ccc([C@@H](CC)C(=O)OC)cc1OC. The molecule has 100 valence electrons. The summed E-state index contributed by atoms with van der Waals surface area (Å²) in [6.45, 7) is 4.44. The molecular formula is C14H20O4. The Morgan fingerprint density at radius 3 is 2.44 bits per heavy atom. The molecule has 1 aromatic rings. The Morgan fingerprint density at radius 1 is 1.22 bits per heavy atom. The van der Waals surface area contributed by atoms with Gasteiger partial charge in [-0.05, 0) is 31.0 Å². The maximum atomic E-state index is 11.7. The van der Waals surface area contributed by atoms with Crippen LogP contribution in [0.1, 0.15) is 31.7 Å². The summed E-state index contributed by atoms with van der Waals surface area (Å²) >= 11 is 0. The number of hydrogen-bond donors (Lipinski definition) is 0. The van der Waals surface area contributed by atoms with E-state index in [2.05, 4.69) is 0 Å². The zero-order valence-corrected chi connectivity index (χ0v) is 11.4. The van der Waals surface area contributed by atoms with Gasteiger partial charge in [0, 0.05) is 0 Å². The number of carbonyl (C=O) groups excluding carboxylic acids is 1. The van der Waals surface area contributed by atoms with Crippen molar-refractivity contribution >= 4 is 5.97 Å². The molecule has 0 saturated heterocycles. The third kappa shape index (κ3) is 3.15. The number of rotatable bonds is 6. The van der Waals surface area contributed by atoms with E-state index >= 15 is 0 Å². The Labute approximate surface area is 108 Å². The Kier molecular flexibility index (Phi) is 5.49. The average Bonchev–Trinajstić information content (AvgIpc) is 2.41. The molecule has 0 aliphatic heterocycles. The van der Waals surface area contributed by atoms with Gasteiger partial charge in [-0.1, -0.05) is 13.0 Å². The van der Waals surface area contributed by atoms with E-state index in [9.17, 15) is 4.79 Å². The van der Waals surface area contributed by atoms with Crippen LogP contribution in [0.15, 0.2) is 18.2 Å². The molecule has 4 nitrogen and oxygen atoms in total. The first-order valence-electron chi connectivity index (χ1n) is 6.06. The molecule has 0 spiro atoms. The Hall–Kier alpha value is -1.71. The van der Waals surface area contributed by atoms with Crippen LogP contribution in [0.4, 0.5) is 0 Å². The molecule has 4 heteroatoms. The standard InChI is InChI=1S/C14H20O4/c1-5-11(14(15)17-4)10-7-8-12(18-6-2)13(9-10)16-3/h7-9,11H,5-6H2,1-4H3/t11-/m1/s1. The number of ether oxygens (including phenoxy) is 3. The van der Waals surface area contributed by atoms with E-state index in [4.69, 9.17) is 14.2 Å². The van der Waals surface area contributed by atoms with Crippen LogP contribution < -0.4 is 9.47 Å². The van der Waals surface area contributed by atoms with E-state index < -0.39 is 0 Å². The van der Waals surface area contributed by atoms with Crippen LogP contribution in [0.5, 0.6) is 11.5 Å². The van der Waals surface area contributed by atoms with E-state index in [1.54, 1.807) is 7.11 Å². The maximum absolute atomic E-state index is 11.7. The molecule has 1 aromatic carbocycles. The van der Waals surface area contributed by atoms with E-state index in [-0.39, 0.29) is 11.9 Å². The zero-order chi connectivity index (χ0) is 13.5. The van der Waals surface area contributed by atoms with Crippen LogP contribution in [-0.2, 0) is 9.53 Å². The van der Waals surface area contributed by atoms with Gasteiger partial charge in [0.1, 0.15) is 0 Å². The molecule has 0 bridgehead atoms. The van der Waals surface area contributed by atoms with E-state index in [1.807, 2.05) is 32.0 Å². The van der Waals surface area contributed by atoms with Gasteiger partial charge in [-0.2, -0.15) is 0 Å². The monoisotopic (exact) mass is 252 g/mol. The average molecular weight is 252 g/mol. The zero-order valence-electron chi connectivity index (χ0n) is 11.4. The van der Waals surface area contributed by atoms with Crippen LogP contribution in [0, 0.1) is 0 Å². The molecule has 0 heterocycles. The van der Waals surface area contributed by atoms with Crippen LogP contribution in [0.25, 0.3) is 0 Å². The van der Waals surface area contributed by atoms with Crippen molar-refractivity contribution in [2.45, 2.75) is 26.2 Å². The molecule has 0 N–H and O–H groups in total. The number of hydrogen-bond acceptors (Lipinski definition) is 4. The second-order valence-electron chi connectivity index (χ2n) is 3.83. The molecule has 0 fully saturated rings. The second-order valence-corrected chi connectivity index (χ2v) is 3.83. The molecule has 18 heavy (non-hydrogen) atoms. The van der Waals surface area contributed by atoms with Gasteiger partial charge in [0.15, 0.2) is 11.5 Å². The normalized spacial score (nSPS) is 11.8. The first-order valence-corrected chi connectivity index (χ1v) is 6.06. The number of esters is 1. The van der Waals surface area contributed by atoms with Crippen molar-refractivity contribution in [3.8, 4) is 11.5 Å². The van der Waals surface area contributed by atoms with Gasteiger partial charge in [-0.25, -0.2) is 0 Å². The Bertz CT molecular complexity index is 401. The third-order valence-electron chi connectivity index (χ3n) is 2.78. The lowest BCUT2D eigenvalue weighted by molar-refractivity contribution is -0.142. The minimum Gasteiger partial charge on any atom is -0.493 e. The fourth-order valence-electron chi connectivity index (χ4n) is 1.86. The summed E-state index contributed by atoms with van der Waals surface area (Å²) in [5, 5.41) is 0. The van der Waals surface area contributed by atoms with Crippen molar-refractivity contribution in [2.24, 2.45) is 0 Å². The van der Waals surface area contributed by atoms with E-state index in [1.165, 1.54) is 7.11 Å². The summed E-state index contributed by atoms with van der Waals surface area (Å²) in [6.07, 6.45) is 0.684. The molecule has 0 radical (unpaired) electrons. The van der Waals surface area contributed by atoms with Crippen molar-refractivity contribution in [3.63, 3.8) is 0 Å². The van der Waals surface area contributed by atoms with Gasteiger partial charge in [0.2, 0.25) is 0 Å². The van der Waals surface area contributed by atoms with E-state index in [0.717, 1.165) is 5.56 Å². The number of benzene rings is 1. The summed E-state index contributed by atoms with van der Waals surface area (Å²) in [5.74, 6) is 0.823. The molecule has 0 amide bonds. The predicted molar refractivity (Wildman–Crippen MR) is 69.2 cm³/mol. The lowest BCUT2D eigenvalue weighted by Crippen LogP contribution is -2.13. The first kappa shape index (κ1) is 14.4. The lowest BCUT2D eigenvalue weighted by atomic mass is 9.96. The third-order valence-corrected chi connectivity index (χ3v) is 2.78. The predicted octanol–water partition coefficient (Wildman–Crippen LogP) is 2.76. The smallest absolute Gasteiger partial charge is 0.313 e. The molecule has 1 rings (SSSR count). The molecule has 0 unspecified atom stereocenters. The topological polar surface area (TPSA) is 44.8 Å². The molecule has 0 aliphatic rings. The largest absolute Gasteiger partial charge is 0.493 e. The summed E-state index contributed by atoms with van der Waals surface area (Å²) in [4.78, 5) is 11.7. The van der Waals surface area contributed by atoms with Gasteiger partial charge in [0.25, 0.3) is 0 Å². The highest BCUT2D eigenvalue weighted by Gasteiger charge is 2.20. The van der Waals surface area contributed by atoms with Crippen LogP contribution in [0.3, 0.4) is 0 Å². The quantitative estimate of drug-likeness (QED) is 0.730.